The minimum absolute atomic E-state index is 0.340. The predicted octanol–water partition coefficient (Wildman–Crippen LogP) is 1.90. The second-order valence-corrected chi connectivity index (χ2v) is 4.22. The quantitative estimate of drug-likeness (QED) is 0.885. The zero-order valence-corrected chi connectivity index (χ0v) is 10.4. The number of carbonyl (C=O) groups excluding carboxylic acids is 1. The van der Waals surface area contributed by atoms with Crippen molar-refractivity contribution in [2.45, 2.75) is 0 Å². The smallest absolute Gasteiger partial charge is 0.312 e. The number of fused-ring (bicyclic) bond motifs is 1. The van der Waals surface area contributed by atoms with Gasteiger partial charge in [-0.3, -0.25) is 4.79 Å². The van der Waals surface area contributed by atoms with E-state index in [-0.39, 0.29) is 5.91 Å². The molecule has 0 spiro atoms. The molecule has 4 nitrogen and oxygen atoms in total. The molecule has 0 saturated carbocycles. The monoisotopic (exact) mass is 250 g/mol. The van der Waals surface area contributed by atoms with E-state index in [0.29, 0.717) is 5.70 Å². The minimum Gasteiger partial charge on any atom is -0.383 e. The fraction of sp³-hybridized carbons (Fsp3) is 0.0667. The molecule has 93 valence electrons. The Hall–Kier alpha value is -2.62. The average molecular weight is 250 g/mol. The van der Waals surface area contributed by atoms with Crippen LogP contribution in [0, 0.1) is 0 Å². The lowest BCUT2D eigenvalue weighted by Gasteiger charge is -2.14. The zero-order chi connectivity index (χ0) is 13.2. The third-order valence-corrected chi connectivity index (χ3v) is 3.15. The van der Waals surface area contributed by atoms with E-state index in [4.69, 9.17) is 0 Å². The summed E-state index contributed by atoms with van der Waals surface area (Å²) in [5, 5.41) is 8.91. The van der Waals surface area contributed by atoms with Crippen LogP contribution in [0.4, 0.5) is 0 Å². The third-order valence-electron chi connectivity index (χ3n) is 3.15. The van der Waals surface area contributed by atoms with Crippen LogP contribution in [0.3, 0.4) is 0 Å². The van der Waals surface area contributed by atoms with Gasteiger partial charge in [0.25, 0.3) is 0 Å². The molecule has 0 unspecified atom stereocenters. The Balaban J connectivity index is 2.30. The van der Waals surface area contributed by atoms with Crippen molar-refractivity contribution in [2.24, 2.45) is 5.10 Å². The number of hydrogen-bond acceptors (Lipinski definition) is 3. The van der Waals surface area contributed by atoms with Crippen molar-refractivity contribution in [1.29, 1.82) is 0 Å². The maximum atomic E-state index is 11.7. The molecule has 1 amide bonds. The molecule has 1 N–H and O–H groups in total. The van der Waals surface area contributed by atoms with Gasteiger partial charge in [0.05, 0.1) is 6.21 Å². The highest BCUT2D eigenvalue weighted by Gasteiger charge is 2.20. The second kappa shape index (κ2) is 4.57. The topological polar surface area (TPSA) is 55.6 Å². The molecule has 2 aromatic rings. The van der Waals surface area contributed by atoms with Crippen LogP contribution in [-0.2, 0) is 4.79 Å². The molecule has 0 saturated heterocycles. The van der Waals surface area contributed by atoms with Crippen LogP contribution in [0.5, 0.6) is 0 Å². The standard InChI is InChI=1S/C15H12N3O/c1-16-14-13(9-17-18-15(14)19)12-8-4-6-10-5-2-3-7-11(10)12/h2-9,16H,1H3. The summed E-state index contributed by atoms with van der Waals surface area (Å²) in [6, 6.07) is 14.1. The maximum absolute atomic E-state index is 11.7. The van der Waals surface area contributed by atoms with Gasteiger partial charge in [-0.25, -0.2) is 0 Å². The summed E-state index contributed by atoms with van der Waals surface area (Å²) >= 11 is 0. The SMILES string of the molecule is CNC1=C(c2cccc3ccccc23)C=N[N]C1=O. The number of amides is 1. The van der Waals surface area contributed by atoms with E-state index in [1.54, 1.807) is 13.3 Å². The van der Waals surface area contributed by atoms with Crippen molar-refractivity contribution in [2.75, 3.05) is 7.05 Å². The molecule has 2 aromatic carbocycles. The van der Waals surface area contributed by atoms with Crippen LogP contribution < -0.4 is 10.7 Å². The van der Waals surface area contributed by atoms with Crippen LogP contribution in [0.1, 0.15) is 5.56 Å². The molecule has 0 aliphatic carbocycles. The highest BCUT2D eigenvalue weighted by atomic mass is 16.2. The van der Waals surface area contributed by atoms with E-state index in [1.165, 1.54) is 0 Å². The van der Waals surface area contributed by atoms with E-state index < -0.39 is 0 Å². The second-order valence-electron chi connectivity index (χ2n) is 4.22. The Kier molecular flexibility index (Phi) is 2.76. The first-order chi connectivity index (χ1) is 9.31. The van der Waals surface area contributed by atoms with Gasteiger partial charge in [0.15, 0.2) is 0 Å². The van der Waals surface area contributed by atoms with E-state index >= 15 is 0 Å². The van der Waals surface area contributed by atoms with Gasteiger partial charge < -0.3 is 5.32 Å². The van der Waals surface area contributed by atoms with Crippen molar-refractivity contribution in [1.82, 2.24) is 10.7 Å². The number of likely N-dealkylation sites (N-methyl/N-ethyl adjacent to an activating group) is 1. The summed E-state index contributed by atoms with van der Waals surface area (Å²) in [7, 11) is 1.72. The largest absolute Gasteiger partial charge is 0.383 e. The summed E-state index contributed by atoms with van der Waals surface area (Å²) in [5.41, 5.74) is 5.78. The van der Waals surface area contributed by atoms with Gasteiger partial charge in [0.1, 0.15) is 5.70 Å². The van der Waals surface area contributed by atoms with Gasteiger partial charge in [0, 0.05) is 12.6 Å². The third kappa shape index (κ3) is 1.87. The van der Waals surface area contributed by atoms with Crippen LogP contribution in [0.15, 0.2) is 53.3 Å². The molecule has 1 heterocycles. The van der Waals surface area contributed by atoms with Crippen LogP contribution >= 0.6 is 0 Å². The first-order valence-electron chi connectivity index (χ1n) is 6.00. The minimum atomic E-state index is -0.340. The maximum Gasteiger partial charge on any atom is 0.312 e. The molecule has 0 fully saturated rings. The molecule has 0 aromatic heterocycles. The molecule has 4 heteroatoms. The number of benzene rings is 2. The van der Waals surface area contributed by atoms with E-state index in [9.17, 15) is 4.79 Å². The van der Waals surface area contributed by atoms with E-state index in [1.807, 2.05) is 42.5 Å². The lowest BCUT2D eigenvalue weighted by molar-refractivity contribution is -0.118. The number of nitrogens with one attached hydrogen (secondary N) is 1. The lowest BCUT2D eigenvalue weighted by Crippen LogP contribution is -2.27. The van der Waals surface area contributed by atoms with Crippen LogP contribution in [-0.4, -0.2) is 19.2 Å². The van der Waals surface area contributed by atoms with Gasteiger partial charge in [-0.15, -0.1) is 5.43 Å². The van der Waals surface area contributed by atoms with Gasteiger partial charge in [-0.2, -0.15) is 5.10 Å². The molecule has 0 atom stereocenters. The Morgan fingerprint density at radius 2 is 1.84 bits per heavy atom. The summed E-state index contributed by atoms with van der Waals surface area (Å²) in [6.07, 6.45) is 1.62. The highest BCUT2D eigenvalue weighted by Crippen LogP contribution is 2.26. The zero-order valence-electron chi connectivity index (χ0n) is 10.4. The van der Waals surface area contributed by atoms with Gasteiger partial charge in [0.2, 0.25) is 0 Å². The number of hydrogen-bond donors (Lipinski definition) is 1. The van der Waals surface area contributed by atoms with Crippen molar-refractivity contribution in [3.8, 4) is 0 Å². The van der Waals surface area contributed by atoms with Gasteiger partial charge in [-0.05, 0) is 16.3 Å². The molecule has 0 bridgehead atoms. The van der Waals surface area contributed by atoms with E-state index in [2.05, 4.69) is 15.8 Å². The van der Waals surface area contributed by atoms with Gasteiger partial charge in [-0.1, -0.05) is 42.5 Å². The molecule has 1 aliphatic rings. The van der Waals surface area contributed by atoms with Crippen LogP contribution in [0.2, 0.25) is 0 Å². The molecule has 1 radical (unpaired) electrons. The summed E-state index contributed by atoms with van der Waals surface area (Å²) in [6.45, 7) is 0. The first kappa shape index (κ1) is 11.5. The van der Waals surface area contributed by atoms with Crippen LogP contribution in [0.25, 0.3) is 16.3 Å². The Morgan fingerprint density at radius 1 is 1.05 bits per heavy atom. The molecule has 1 aliphatic heterocycles. The first-order valence-corrected chi connectivity index (χ1v) is 6.00. The fourth-order valence-corrected chi connectivity index (χ4v) is 2.27. The Bertz CT molecular complexity index is 711. The number of carbonyl (C=O) groups is 1. The number of rotatable bonds is 2. The average Bonchev–Trinajstić information content (AvgIpc) is 2.46. The highest BCUT2D eigenvalue weighted by molar-refractivity contribution is 6.23. The molecule has 19 heavy (non-hydrogen) atoms. The van der Waals surface area contributed by atoms with Crippen molar-refractivity contribution in [3.05, 3.63) is 53.7 Å². The summed E-state index contributed by atoms with van der Waals surface area (Å²) < 4.78 is 0. The number of allylic oxidation sites excluding steroid dienone is 1. The van der Waals surface area contributed by atoms with Gasteiger partial charge >= 0.3 is 5.91 Å². The molecular weight excluding hydrogens is 238 g/mol. The Labute approximate surface area is 110 Å². The van der Waals surface area contributed by atoms with Crippen molar-refractivity contribution < 1.29 is 4.79 Å². The summed E-state index contributed by atoms with van der Waals surface area (Å²) in [4.78, 5) is 11.7. The number of nitrogens with zero attached hydrogens (tertiary/aromatic N) is 2. The lowest BCUT2D eigenvalue weighted by atomic mass is 9.97. The normalized spacial score (nSPS) is 14.7. The predicted molar refractivity (Wildman–Crippen MR) is 75.6 cm³/mol. The summed E-state index contributed by atoms with van der Waals surface area (Å²) in [5.74, 6) is -0.340. The van der Waals surface area contributed by atoms with E-state index in [0.717, 1.165) is 21.9 Å². The van der Waals surface area contributed by atoms with Crippen molar-refractivity contribution in [3.63, 3.8) is 0 Å². The molecule has 3 rings (SSSR count). The Morgan fingerprint density at radius 3 is 2.68 bits per heavy atom. The fourth-order valence-electron chi connectivity index (χ4n) is 2.27. The van der Waals surface area contributed by atoms with Crippen molar-refractivity contribution >= 4 is 28.5 Å². The molecular formula is C15H12N3O.